The number of alkyl halides is 2. The minimum Gasteiger partial charge on any atom is -0.332 e. The van der Waals surface area contributed by atoms with Gasteiger partial charge in [0, 0.05) is 62.8 Å². The van der Waals surface area contributed by atoms with Crippen LogP contribution >= 0.6 is 11.6 Å². The van der Waals surface area contributed by atoms with Gasteiger partial charge in [-0.15, -0.1) is 0 Å². The lowest BCUT2D eigenvalue weighted by Gasteiger charge is -2.46. The molecule has 4 heterocycles. The lowest BCUT2D eigenvalue weighted by atomic mass is 9.72. The molecule has 51 heavy (non-hydrogen) atoms. The van der Waals surface area contributed by atoms with Crippen molar-refractivity contribution in [1.82, 2.24) is 24.9 Å². The number of piperazine rings is 1. The van der Waals surface area contributed by atoms with Gasteiger partial charge in [0.05, 0.1) is 18.2 Å². The van der Waals surface area contributed by atoms with E-state index in [0.717, 1.165) is 36.8 Å². The molecule has 4 aliphatic heterocycles. The number of fused-ring (bicyclic) bond motifs is 1. The fraction of sp³-hybridized carbons (Fsp3) is 0.526. The minimum absolute atomic E-state index is 0.0471. The quantitative estimate of drug-likeness (QED) is 0.403. The predicted molar refractivity (Wildman–Crippen MR) is 186 cm³/mol. The van der Waals surface area contributed by atoms with Gasteiger partial charge in [-0.2, -0.15) is 0 Å². The van der Waals surface area contributed by atoms with E-state index in [-0.39, 0.29) is 54.5 Å². The van der Waals surface area contributed by atoms with Gasteiger partial charge < -0.3 is 9.80 Å². The number of nitrogens with zero attached hydrogens (tertiary/aromatic N) is 4. The molecular weight excluding hydrogens is 683 g/mol. The number of carbonyl (C=O) groups is 4. The summed E-state index contributed by atoms with van der Waals surface area (Å²) in [7, 11) is 0. The van der Waals surface area contributed by atoms with E-state index >= 15 is 13.2 Å². The second kappa shape index (κ2) is 13.7. The van der Waals surface area contributed by atoms with Crippen LogP contribution in [0.25, 0.3) is 5.57 Å². The Morgan fingerprint density at radius 2 is 1.71 bits per heavy atom. The molecule has 2 aromatic rings. The smallest absolute Gasteiger partial charge is 0.280 e. The number of imide groups is 1. The van der Waals surface area contributed by atoms with Crippen LogP contribution in [0.3, 0.4) is 0 Å². The van der Waals surface area contributed by atoms with Crippen LogP contribution in [0.1, 0.15) is 84.2 Å². The molecule has 3 fully saturated rings. The molecule has 272 valence electrons. The Hall–Kier alpha value is -3.74. The second-order valence-corrected chi connectivity index (χ2v) is 15.9. The fourth-order valence-corrected chi connectivity index (χ4v) is 8.61. The van der Waals surface area contributed by atoms with Gasteiger partial charge in [-0.1, -0.05) is 43.2 Å². The number of hydrogen-bond acceptors (Lipinski definition) is 6. The van der Waals surface area contributed by atoms with Crippen molar-refractivity contribution in [3.05, 3.63) is 75.1 Å². The molecule has 0 saturated carbocycles. The highest BCUT2D eigenvalue weighted by Crippen LogP contribution is 2.43. The first-order valence-corrected chi connectivity index (χ1v) is 18.1. The Morgan fingerprint density at radius 1 is 0.980 bits per heavy atom. The molecule has 2 aromatic carbocycles. The van der Waals surface area contributed by atoms with E-state index in [1.807, 2.05) is 17.0 Å². The van der Waals surface area contributed by atoms with Crippen molar-refractivity contribution in [3.8, 4) is 0 Å². The maximum absolute atomic E-state index is 15.8. The zero-order valence-corrected chi connectivity index (χ0v) is 29.7. The van der Waals surface area contributed by atoms with E-state index in [4.69, 9.17) is 11.6 Å². The SMILES string of the molecule is CC1(C)CCC(CN2CCN(C3CCN(C(=O)c4cc(F)c5c(c4)CN(C4CCC(=O)NC4=O)C5=O)CC3(F)F)CC2)=C(c2ccc(Cl)cc2)C1. The third kappa shape index (κ3) is 7.19. The molecule has 3 saturated heterocycles. The van der Waals surface area contributed by atoms with E-state index in [0.29, 0.717) is 31.2 Å². The number of benzene rings is 2. The number of likely N-dealkylation sites (tertiary alicyclic amines) is 1. The zero-order chi connectivity index (χ0) is 36.2. The van der Waals surface area contributed by atoms with E-state index in [1.54, 1.807) is 0 Å². The van der Waals surface area contributed by atoms with Crippen LogP contribution in [-0.4, -0.2) is 107 Å². The topological polar surface area (TPSA) is 93.3 Å². The van der Waals surface area contributed by atoms with Gasteiger partial charge in [0.25, 0.3) is 17.7 Å². The summed E-state index contributed by atoms with van der Waals surface area (Å²) in [6.45, 7) is 6.90. The van der Waals surface area contributed by atoms with Crippen molar-refractivity contribution >= 4 is 40.8 Å². The van der Waals surface area contributed by atoms with Gasteiger partial charge in [-0.3, -0.25) is 34.3 Å². The van der Waals surface area contributed by atoms with Crippen LogP contribution in [0.2, 0.25) is 5.02 Å². The average Bonchev–Trinajstić information content (AvgIpc) is 3.41. The van der Waals surface area contributed by atoms with E-state index in [1.165, 1.54) is 27.7 Å². The van der Waals surface area contributed by atoms with Gasteiger partial charge in [0.1, 0.15) is 11.9 Å². The summed E-state index contributed by atoms with van der Waals surface area (Å²) in [5, 5.41) is 2.90. The Morgan fingerprint density at radius 3 is 2.39 bits per heavy atom. The number of amides is 4. The molecule has 4 amide bonds. The van der Waals surface area contributed by atoms with Gasteiger partial charge in [-0.05, 0) is 78.5 Å². The first kappa shape index (κ1) is 35.7. The van der Waals surface area contributed by atoms with Crippen molar-refractivity contribution in [3.63, 3.8) is 0 Å². The Kier molecular flexibility index (Phi) is 9.56. The highest BCUT2D eigenvalue weighted by molar-refractivity contribution is 6.30. The van der Waals surface area contributed by atoms with Crippen LogP contribution in [0.15, 0.2) is 42.0 Å². The van der Waals surface area contributed by atoms with Crippen LogP contribution in [0, 0.1) is 11.2 Å². The maximum Gasteiger partial charge on any atom is 0.280 e. The molecule has 0 radical (unpaired) electrons. The lowest BCUT2D eigenvalue weighted by molar-refractivity contribution is -0.136. The van der Waals surface area contributed by atoms with E-state index in [9.17, 15) is 19.2 Å². The van der Waals surface area contributed by atoms with Crippen LogP contribution in [-0.2, 0) is 16.1 Å². The van der Waals surface area contributed by atoms with Crippen LogP contribution in [0.5, 0.6) is 0 Å². The third-order valence-corrected chi connectivity index (χ3v) is 11.6. The standard InChI is InChI=1S/C38H43ClF3N5O4/c1-37(2)11-9-24(28(19-37)23-3-5-27(39)6-4-23)20-44-13-15-45(16-14-44)31-10-12-46(22-38(31,41)42)35(50)25-17-26-21-47(36(51)33(26)29(40)18-25)30-7-8-32(48)43-34(30)49/h3-6,17-18,30-31H,7-16,19-22H2,1-2H3,(H,43,48,49). The number of halogens is 4. The van der Waals surface area contributed by atoms with Gasteiger partial charge in [0.2, 0.25) is 11.8 Å². The van der Waals surface area contributed by atoms with Gasteiger partial charge in [0.15, 0.2) is 0 Å². The fourth-order valence-electron chi connectivity index (χ4n) is 8.48. The number of carbonyl (C=O) groups excluding carboxylic acids is 4. The van der Waals surface area contributed by atoms with Crippen molar-refractivity contribution in [1.29, 1.82) is 0 Å². The molecule has 0 spiro atoms. The number of rotatable bonds is 6. The van der Waals surface area contributed by atoms with Crippen molar-refractivity contribution in [2.75, 3.05) is 45.8 Å². The first-order valence-electron chi connectivity index (χ1n) is 17.8. The molecule has 7 rings (SSSR count). The lowest BCUT2D eigenvalue weighted by Crippen LogP contribution is -2.62. The minimum atomic E-state index is -3.18. The number of allylic oxidation sites excluding steroid dienone is 1. The van der Waals surface area contributed by atoms with E-state index in [2.05, 4.69) is 36.2 Å². The Bertz CT molecular complexity index is 1790. The normalized spacial score (nSPS) is 25.6. The highest BCUT2D eigenvalue weighted by Gasteiger charge is 2.49. The molecule has 13 heteroatoms. The van der Waals surface area contributed by atoms with Crippen LogP contribution in [0.4, 0.5) is 13.2 Å². The summed E-state index contributed by atoms with van der Waals surface area (Å²) >= 11 is 6.17. The van der Waals surface area contributed by atoms with Gasteiger partial charge in [-0.25, -0.2) is 13.2 Å². The molecule has 2 atom stereocenters. The molecule has 9 nitrogen and oxygen atoms in total. The molecule has 5 aliphatic rings. The molecule has 0 aromatic heterocycles. The monoisotopic (exact) mass is 725 g/mol. The molecular formula is C38H43ClF3N5O4. The first-order chi connectivity index (χ1) is 24.2. The number of piperidine rings is 2. The summed E-state index contributed by atoms with van der Waals surface area (Å²) in [5.74, 6) is -6.63. The maximum atomic E-state index is 15.8. The molecule has 0 bridgehead atoms. The molecule has 1 N–H and O–H groups in total. The van der Waals surface area contributed by atoms with E-state index < -0.39 is 54.0 Å². The highest BCUT2D eigenvalue weighted by atomic mass is 35.5. The Labute approximate surface area is 300 Å². The second-order valence-electron chi connectivity index (χ2n) is 15.4. The van der Waals surface area contributed by atoms with Crippen molar-refractivity contribution in [2.45, 2.75) is 76.9 Å². The summed E-state index contributed by atoms with van der Waals surface area (Å²) in [6, 6.07) is 8.32. The summed E-state index contributed by atoms with van der Waals surface area (Å²) < 4.78 is 46.9. The third-order valence-electron chi connectivity index (χ3n) is 11.3. The number of hydrogen-bond donors (Lipinski definition) is 1. The van der Waals surface area contributed by atoms with Gasteiger partial charge >= 0.3 is 0 Å². The molecule has 2 unspecified atom stereocenters. The summed E-state index contributed by atoms with van der Waals surface area (Å²) in [5.41, 5.74) is 3.99. The van der Waals surface area contributed by atoms with Crippen molar-refractivity contribution < 1.29 is 32.3 Å². The summed E-state index contributed by atoms with van der Waals surface area (Å²) in [6.07, 6.45) is 3.31. The average molecular weight is 726 g/mol. The number of nitrogens with one attached hydrogen (secondary N) is 1. The molecule has 1 aliphatic carbocycles. The predicted octanol–water partition coefficient (Wildman–Crippen LogP) is 5.37. The summed E-state index contributed by atoms with van der Waals surface area (Å²) in [4.78, 5) is 56.9. The Balaban J connectivity index is 0.974. The van der Waals surface area contributed by atoms with Crippen molar-refractivity contribution in [2.24, 2.45) is 5.41 Å². The van der Waals surface area contributed by atoms with Crippen LogP contribution < -0.4 is 5.32 Å². The largest absolute Gasteiger partial charge is 0.332 e. The zero-order valence-electron chi connectivity index (χ0n) is 29.0.